The van der Waals surface area contributed by atoms with E-state index < -0.39 is 0 Å². The van der Waals surface area contributed by atoms with Crippen LogP contribution in [0.1, 0.15) is 24.1 Å². The summed E-state index contributed by atoms with van der Waals surface area (Å²) in [6.45, 7) is 2.50. The van der Waals surface area contributed by atoms with Crippen molar-refractivity contribution in [2.24, 2.45) is 0 Å². The minimum absolute atomic E-state index is 0.0212. The first-order chi connectivity index (χ1) is 17.1. The molecule has 3 aromatic carbocycles. The predicted octanol–water partition coefficient (Wildman–Crippen LogP) is 5.01. The number of nitrogens with zero attached hydrogens (tertiary/aromatic N) is 2. The lowest BCUT2D eigenvalue weighted by Crippen LogP contribution is -2.30. The lowest BCUT2D eigenvalue weighted by Gasteiger charge is -2.18. The van der Waals surface area contributed by atoms with Gasteiger partial charge in [0, 0.05) is 28.7 Å². The van der Waals surface area contributed by atoms with Gasteiger partial charge in [-0.15, -0.1) is 0 Å². The van der Waals surface area contributed by atoms with Gasteiger partial charge in [-0.1, -0.05) is 42.5 Å². The number of carbonyl (C=O) groups is 1. The van der Waals surface area contributed by atoms with E-state index in [1.54, 1.807) is 24.5 Å². The summed E-state index contributed by atoms with van der Waals surface area (Å²) in [6, 6.07) is 26.2. The van der Waals surface area contributed by atoms with Gasteiger partial charge in [0.1, 0.15) is 18.9 Å². The van der Waals surface area contributed by atoms with Gasteiger partial charge in [-0.05, 0) is 55.0 Å². The number of aromatic nitrogens is 2. The highest BCUT2D eigenvalue weighted by Crippen LogP contribution is 2.21. The van der Waals surface area contributed by atoms with E-state index in [1.807, 2.05) is 84.3 Å². The normalized spacial score (nSPS) is 11.9. The van der Waals surface area contributed by atoms with Crippen LogP contribution in [-0.4, -0.2) is 15.5 Å². The molecule has 0 radical (unpaired) electrons. The second-order valence-corrected chi connectivity index (χ2v) is 8.46. The van der Waals surface area contributed by atoms with Crippen molar-refractivity contribution >= 4 is 27.7 Å². The monoisotopic (exact) mass is 463 g/mol. The highest BCUT2D eigenvalue weighted by atomic mass is 16.5. The number of amides is 1. The molecule has 5 aromatic rings. The molecule has 174 valence electrons. The number of ether oxygens (including phenoxy) is 1. The molecule has 0 bridgehead atoms. The van der Waals surface area contributed by atoms with Gasteiger partial charge in [-0.2, -0.15) is 0 Å². The summed E-state index contributed by atoms with van der Waals surface area (Å²) in [5.41, 5.74) is 3.44. The third-order valence-corrected chi connectivity index (χ3v) is 6.07. The molecule has 0 saturated carbocycles. The number of carbonyl (C=O) groups excluding carboxylic acids is 1. The van der Waals surface area contributed by atoms with Gasteiger partial charge in [-0.25, -0.2) is 0 Å². The van der Waals surface area contributed by atoms with E-state index in [-0.39, 0.29) is 23.9 Å². The number of nitrogens with one attached hydrogen (secondary N) is 1. The molecule has 2 aromatic heterocycles. The zero-order chi connectivity index (χ0) is 24.2. The summed E-state index contributed by atoms with van der Waals surface area (Å²) in [7, 11) is 0. The van der Waals surface area contributed by atoms with Gasteiger partial charge in [0.05, 0.1) is 17.1 Å². The Morgan fingerprint density at radius 3 is 2.20 bits per heavy atom. The first-order valence-electron chi connectivity index (χ1n) is 11.5. The van der Waals surface area contributed by atoms with Gasteiger partial charge in [0.15, 0.2) is 5.43 Å². The molecule has 1 unspecified atom stereocenters. The van der Waals surface area contributed by atoms with Gasteiger partial charge >= 0.3 is 0 Å². The lowest BCUT2D eigenvalue weighted by atomic mass is 10.1. The van der Waals surface area contributed by atoms with Crippen molar-refractivity contribution in [2.75, 3.05) is 0 Å². The Morgan fingerprint density at radius 1 is 0.914 bits per heavy atom. The van der Waals surface area contributed by atoms with Crippen LogP contribution in [0.4, 0.5) is 0 Å². The molecular formula is C29H25N3O3. The number of hydrogen-bond donors (Lipinski definition) is 1. The molecule has 35 heavy (non-hydrogen) atoms. The van der Waals surface area contributed by atoms with Crippen molar-refractivity contribution in [2.45, 2.75) is 26.1 Å². The van der Waals surface area contributed by atoms with Crippen LogP contribution >= 0.6 is 0 Å². The van der Waals surface area contributed by atoms with Crippen LogP contribution in [0.3, 0.4) is 0 Å². The molecule has 1 N–H and O–H groups in total. The highest BCUT2D eigenvalue weighted by Gasteiger charge is 2.15. The average Bonchev–Trinajstić information content (AvgIpc) is 2.90. The molecule has 1 amide bonds. The molecule has 0 fully saturated rings. The van der Waals surface area contributed by atoms with Crippen LogP contribution in [0.2, 0.25) is 0 Å². The summed E-state index contributed by atoms with van der Waals surface area (Å²) in [5.74, 6) is 0.621. The van der Waals surface area contributed by atoms with E-state index >= 15 is 0 Å². The number of para-hydroxylation sites is 2. The number of hydrogen-bond acceptors (Lipinski definition) is 4. The maximum absolute atomic E-state index is 13.1. The summed E-state index contributed by atoms with van der Waals surface area (Å²) in [4.78, 5) is 30.1. The zero-order valence-electron chi connectivity index (χ0n) is 19.3. The van der Waals surface area contributed by atoms with Crippen LogP contribution in [-0.2, 0) is 17.9 Å². The van der Waals surface area contributed by atoms with Crippen LogP contribution in [0.15, 0.2) is 102 Å². The van der Waals surface area contributed by atoms with E-state index in [9.17, 15) is 9.59 Å². The molecule has 6 heteroatoms. The standard InChI is InChI=1S/C29H25N3O3/c1-20(22-12-14-23(15-13-22)35-19-21-7-6-16-30-17-21)31-28(33)18-32-26-10-4-2-8-24(26)29(34)25-9-3-5-11-27(25)32/h2-17,20H,18-19H2,1H3,(H,31,33). The second-order valence-electron chi connectivity index (χ2n) is 8.46. The van der Waals surface area contributed by atoms with Crippen molar-refractivity contribution < 1.29 is 9.53 Å². The maximum atomic E-state index is 13.1. The average molecular weight is 464 g/mol. The fourth-order valence-corrected chi connectivity index (χ4v) is 4.26. The smallest absolute Gasteiger partial charge is 0.240 e. The van der Waals surface area contributed by atoms with Gasteiger partial charge < -0.3 is 14.6 Å². The zero-order valence-corrected chi connectivity index (χ0v) is 19.3. The molecule has 5 rings (SSSR count). The summed E-state index contributed by atoms with van der Waals surface area (Å²) in [5, 5.41) is 4.29. The molecule has 0 aliphatic carbocycles. The van der Waals surface area contributed by atoms with E-state index in [4.69, 9.17) is 4.74 Å². The van der Waals surface area contributed by atoms with Gasteiger partial charge in [0.25, 0.3) is 0 Å². The Hall–Kier alpha value is -4.45. The Labute approximate surface area is 202 Å². The fraction of sp³-hybridized carbons (Fsp3) is 0.138. The molecule has 6 nitrogen and oxygen atoms in total. The fourth-order valence-electron chi connectivity index (χ4n) is 4.26. The lowest BCUT2D eigenvalue weighted by molar-refractivity contribution is -0.122. The van der Waals surface area contributed by atoms with Crippen LogP contribution < -0.4 is 15.5 Å². The van der Waals surface area contributed by atoms with Crippen molar-refractivity contribution in [1.29, 1.82) is 0 Å². The quantitative estimate of drug-likeness (QED) is 0.345. The van der Waals surface area contributed by atoms with Crippen molar-refractivity contribution in [1.82, 2.24) is 14.9 Å². The van der Waals surface area contributed by atoms with E-state index in [1.165, 1.54) is 0 Å². The van der Waals surface area contributed by atoms with E-state index in [0.29, 0.717) is 17.4 Å². The summed E-state index contributed by atoms with van der Waals surface area (Å²) >= 11 is 0. The van der Waals surface area contributed by atoms with Crippen LogP contribution in [0.25, 0.3) is 21.8 Å². The van der Waals surface area contributed by atoms with Crippen LogP contribution in [0.5, 0.6) is 5.75 Å². The molecule has 0 spiro atoms. The molecule has 0 saturated heterocycles. The molecule has 1 atom stereocenters. The molecule has 0 aliphatic heterocycles. The highest BCUT2D eigenvalue weighted by molar-refractivity contribution is 5.94. The Balaban J connectivity index is 1.30. The van der Waals surface area contributed by atoms with Gasteiger partial charge in [0.2, 0.25) is 5.91 Å². The van der Waals surface area contributed by atoms with Crippen molar-refractivity contribution in [3.8, 4) is 5.75 Å². The Morgan fingerprint density at radius 2 is 1.57 bits per heavy atom. The van der Waals surface area contributed by atoms with Crippen molar-refractivity contribution in [3.63, 3.8) is 0 Å². The third kappa shape index (κ3) is 4.77. The topological polar surface area (TPSA) is 73.2 Å². The molecule has 0 aliphatic rings. The first kappa shape index (κ1) is 22.3. The number of pyridine rings is 2. The minimum atomic E-state index is -0.188. The third-order valence-electron chi connectivity index (χ3n) is 6.07. The SMILES string of the molecule is CC(NC(=O)Cn1c2ccccc2c(=O)c2ccccc21)c1ccc(OCc2cccnc2)cc1. The number of benzene rings is 3. The number of rotatable bonds is 7. The van der Waals surface area contributed by atoms with Crippen molar-refractivity contribution in [3.05, 3.63) is 119 Å². The summed E-state index contributed by atoms with van der Waals surface area (Å²) < 4.78 is 7.73. The minimum Gasteiger partial charge on any atom is -0.489 e. The Bertz CT molecular complexity index is 1480. The number of fused-ring (bicyclic) bond motifs is 2. The molecule has 2 heterocycles. The van der Waals surface area contributed by atoms with E-state index in [0.717, 1.165) is 27.9 Å². The first-order valence-corrected chi connectivity index (χ1v) is 11.5. The van der Waals surface area contributed by atoms with E-state index in [2.05, 4.69) is 10.3 Å². The van der Waals surface area contributed by atoms with Gasteiger partial charge in [-0.3, -0.25) is 14.6 Å². The predicted molar refractivity (Wildman–Crippen MR) is 137 cm³/mol. The molecular weight excluding hydrogens is 438 g/mol. The largest absolute Gasteiger partial charge is 0.489 e. The maximum Gasteiger partial charge on any atom is 0.240 e. The summed E-state index contributed by atoms with van der Waals surface area (Å²) in [6.07, 6.45) is 3.51. The van der Waals surface area contributed by atoms with Crippen LogP contribution in [0, 0.1) is 0 Å². The Kier molecular flexibility index (Phi) is 6.26. The second kappa shape index (κ2) is 9.81.